The fraction of sp³-hybridized carbons (Fsp3) is 0.200. The minimum Gasteiger partial charge on any atom is -0.491 e. The highest BCUT2D eigenvalue weighted by atomic mass is 35.5. The van der Waals surface area contributed by atoms with E-state index in [1.54, 1.807) is 24.3 Å². The van der Waals surface area contributed by atoms with E-state index >= 15 is 0 Å². The van der Waals surface area contributed by atoms with Crippen molar-refractivity contribution in [1.29, 1.82) is 0 Å². The summed E-state index contributed by atoms with van der Waals surface area (Å²) in [4.78, 5) is 17.1. The van der Waals surface area contributed by atoms with Gasteiger partial charge in [0.15, 0.2) is 0 Å². The first-order chi connectivity index (χ1) is 15.1. The van der Waals surface area contributed by atoms with Gasteiger partial charge in [0.05, 0.1) is 17.6 Å². The Bertz CT molecular complexity index is 1190. The zero-order chi connectivity index (χ0) is 21.6. The second-order valence-corrected chi connectivity index (χ2v) is 7.73. The van der Waals surface area contributed by atoms with Crippen molar-refractivity contribution in [3.05, 3.63) is 94.8 Å². The van der Waals surface area contributed by atoms with E-state index in [0.29, 0.717) is 36.7 Å². The predicted octanol–water partition coefficient (Wildman–Crippen LogP) is 5.05. The second kappa shape index (κ2) is 9.67. The molecule has 0 saturated carbocycles. The summed E-state index contributed by atoms with van der Waals surface area (Å²) < 4.78 is 8.16. The summed E-state index contributed by atoms with van der Waals surface area (Å²) in [5.41, 5.74) is 3.71. The van der Waals surface area contributed by atoms with Gasteiger partial charge >= 0.3 is 0 Å². The van der Waals surface area contributed by atoms with Crippen LogP contribution in [0.15, 0.2) is 72.8 Å². The number of imidazole rings is 1. The first kappa shape index (κ1) is 20.9. The fourth-order valence-electron chi connectivity index (χ4n) is 3.52. The molecule has 1 amide bonds. The van der Waals surface area contributed by atoms with Crippen molar-refractivity contribution in [3.8, 4) is 5.75 Å². The van der Waals surface area contributed by atoms with Crippen LogP contribution in [0.25, 0.3) is 11.0 Å². The van der Waals surface area contributed by atoms with Crippen molar-refractivity contribution < 1.29 is 9.53 Å². The molecule has 1 N–H and O–H groups in total. The van der Waals surface area contributed by atoms with Crippen LogP contribution in [0.5, 0.6) is 5.75 Å². The van der Waals surface area contributed by atoms with Gasteiger partial charge in [0.1, 0.15) is 18.2 Å². The molecule has 0 spiro atoms. The van der Waals surface area contributed by atoms with Crippen LogP contribution in [0, 0.1) is 6.92 Å². The zero-order valence-corrected chi connectivity index (χ0v) is 18.1. The molecule has 0 unspecified atom stereocenters. The van der Waals surface area contributed by atoms with Crippen LogP contribution in [-0.2, 0) is 13.0 Å². The van der Waals surface area contributed by atoms with Crippen LogP contribution in [0.1, 0.15) is 21.7 Å². The van der Waals surface area contributed by atoms with Crippen LogP contribution in [0.4, 0.5) is 0 Å². The van der Waals surface area contributed by atoms with Crippen LogP contribution in [0.2, 0.25) is 5.02 Å². The third-order valence-electron chi connectivity index (χ3n) is 5.14. The van der Waals surface area contributed by atoms with Crippen LogP contribution in [0.3, 0.4) is 0 Å². The number of nitrogens with zero attached hydrogens (tertiary/aromatic N) is 2. The molecule has 158 valence electrons. The Labute approximate surface area is 186 Å². The maximum absolute atomic E-state index is 12.4. The summed E-state index contributed by atoms with van der Waals surface area (Å²) in [5.74, 6) is 1.69. The Morgan fingerprint density at radius 1 is 1.03 bits per heavy atom. The Balaban J connectivity index is 1.42. The smallest absolute Gasteiger partial charge is 0.251 e. The molecule has 0 aliphatic heterocycles. The van der Waals surface area contributed by atoms with Crippen molar-refractivity contribution in [2.45, 2.75) is 19.9 Å². The molecule has 1 aromatic heterocycles. The average Bonchev–Trinajstić information content (AvgIpc) is 3.13. The second-order valence-electron chi connectivity index (χ2n) is 7.30. The van der Waals surface area contributed by atoms with Crippen LogP contribution < -0.4 is 10.1 Å². The lowest BCUT2D eigenvalue weighted by Gasteiger charge is -2.12. The van der Waals surface area contributed by atoms with Crippen molar-refractivity contribution in [3.63, 3.8) is 0 Å². The lowest BCUT2D eigenvalue weighted by atomic mass is 10.2. The van der Waals surface area contributed by atoms with Crippen molar-refractivity contribution in [2.75, 3.05) is 13.2 Å². The van der Waals surface area contributed by atoms with E-state index in [0.717, 1.165) is 28.2 Å². The van der Waals surface area contributed by atoms with Gasteiger partial charge in [0.25, 0.3) is 5.91 Å². The monoisotopic (exact) mass is 433 g/mol. The molecule has 0 radical (unpaired) electrons. The number of amides is 1. The summed E-state index contributed by atoms with van der Waals surface area (Å²) in [6, 6.07) is 22.9. The molecule has 4 rings (SSSR count). The number of hydrogen-bond donors (Lipinski definition) is 1. The number of aromatic nitrogens is 2. The molecule has 6 heteroatoms. The molecular weight excluding hydrogens is 410 g/mol. The third kappa shape index (κ3) is 5.06. The van der Waals surface area contributed by atoms with Crippen LogP contribution in [-0.4, -0.2) is 28.6 Å². The number of carbonyl (C=O) groups excluding carboxylic acids is 1. The number of fused-ring (bicyclic) bond motifs is 1. The van der Waals surface area contributed by atoms with Crippen molar-refractivity contribution in [2.24, 2.45) is 0 Å². The maximum atomic E-state index is 12.4. The van der Waals surface area contributed by atoms with Gasteiger partial charge in [-0.2, -0.15) is 0 Å². The van der Waals surface area contributed by atoms with E-state index in [9.17, 15) is 4.79 Å². The number of ether oxygens (including phenoxy) is 1. The SMILES string of the molecule is Cc1ccccc1OCCn1c(CCNC(=O)c2ccc(Cl)cc2)nc2ccccc21. The fourth-order valence-corrected chi connectivity index (χ4v) is 3.65. The number of aryl methyl sites for hydroxylation is 1. The Kier molecular flexibility index (Phi) is 6.53. The lowest BCUT2D eigenvalue weighted by molar-refractivity contribution is 0.0954. The Morgan fingerprint density at radius 3 is 2.58 bits per heavy atom. The van der Waals surface area contributed by atoms with Crippen molar-refractivity contribution >= 4 is 28.5 Å². The zero-order valence-electron chi connectivity index (χ0n) is 17.3. The molecule has 5 nitrogen and oxygen atoms in total. The molecule has 0 saturated heterocycles. The quantitative estimate of drug-likeness (QED) is 0.423. The van der Waals surface area contributed by atoms with E-state index < -0.39 is 0 Å². The van der Waals surface area contributed by atoms with E-state index in [1.165, 1.54) is 0 Å². The largest absolute Gasteiger partial charge is 0.491 e. The molecule has 0 fully saturated rings. The van der Waals surface area contributed by atoms with Gasteiger partial charge in [-0.05, 0) is 55.0 Å². The van der Waals surface area contributed by atoms with Gasteiger partial charge < -0.3 is 14.6 Å². The van der Waals surface area contributed by atoms with Gasteiger partial charge in [0.2, 0.25) is 0 Å². The predicted molar refractivity (Wildman–Crippen MR) is 124 cm³/mol. The molecule has 31 heavy (non-hydrogen) atoms. The summed E-state index contributed by atoms with van der Waals surface area (Å²) in [7, 11) is 0. The summed E-state index contributed by atoms with van der Waals surface area (Å²) >= 11 is 5.89. The third-order valence-corrected chi connectivity index (χ3v) is 5.39. The molecule has 3 aromatic carbocycles. The first-order valence-electron chi connectivity index (χ1n) is 10.3. The van der Waals surface area contributed by atoms with Gasteiger partial charge in [0, 0.05) is 23.6 Å². The normalized spacial score (nSPS) is 10.9. The molecule has 1 heterocycles. The number of nitrogens with one attached hydrogen (secondary N) is 1. The summed E-state index contributed by atoms with van der Waals surface area (Å²) in [6.07, 6.45) is 0.623. The molecule has 0 atom stereocenters. The molecule has 0 aliphatic carbocycles. The van der Waals surface area contributed by atoms with Gasteiger partial charge in [-0.15, -0.1) is 0 Å². The Morgan fingerprint density at radius 2 is 1.77 bits per heavy atom. The molecule has 0 bridgehead atoms. The van der Waals surface area contributed by atoms with Gasteiger partial charge in [-0.25, -0.2) is 4.98 Å². The number of para-hydroxylation sites is 3. The molecule has 0 aliphatic rings. The Hall–Kier alpha value is -3.31. The van der Waals surface area contributed by atoms with Crippen LogP contribution >= 0.6 is 11.6 Å². The molecular formula is C25H24ClN3O2. The van der Waals surface area contributed by atoms with Gasteiger partial charge in [-0.1, -0.05) is 41.9 Å². The average molecular weight is 434 g/mol. The number of hydrogen-bond acceptors (Lipinski definition) is 3. The summed E-state index contributed by atoms with van der Waals surface area (Å²) in [6.45, 7) is 3.74. The highest BCUT2D eigenvalue weighted by Gasteiger charge is 2.12. The number of halogens is 1. The minimum atomic E-state index is -0.123. The summed E-state index contributed by atoms with van der Waals surface area (Å²) in [5, 5.41) is 3.57. The maximum Gasteiger partial charge on any atom is 0.251 e. The topological polar surface area (TPSA) is 56.1 Å². The number of benzene rings is 3. The molecule has 4 aromatic rings. The van der Waals surface area contributed by atoms with Gasteiger partial charge in [-0.3, -0.25) is 4.79 Å². The number of carbonyl (C=O) groups is 1. The minimum absolute atomic E-state index is 0.123. The lowest BCUT2D eigenvalue weighted by Crippen LogP contribution is -2.26. The first-order valence-corrected chi connectivity index (χ1v) is 10.7. The number of rotatable bonds is 8. The highest BCUT2D eigenvalue weighted by Crippen LogP contribution is 2.19. The van der Waals surface area contributed by atoms with E-state index in [4.69, 9.17) is 21.3 Å². The highest BCUT2D eigenvalue weighted by molar-refractivity contribution is 6.30. The van der Waals surface area contributed by atoms with E-state index in [-0.39, 0.29) is 5.91 Å². The van der Waals surface area contributed by atoms with E-state index in [1.807, 2.05) is 49.4 Å². The van der Waals surface area contributed by atoms with Crippen molar-refractivity contribution in [1.82, 2.24) is 14.9 Å². The van der Waals surface area contributed by atoms with E-state index in [2.05, 4.69) is 16.0 Å². The standard InChI is InChI=1S/C25H24ClN3O2/c1-18-6-2-5-9-23(18)31-17-16-29-22-8-4-3-7-21(22)28-24(29)14-15-27-25(30)19-10-12-20(26)13-11-19/h2-13H,14-17H2,1H3,(H,27,30).